The number of hydrogen-bond acceptors (Lipinski definition) is 3. The third-order valence-electron chi connectivity index (χ3n) is 3.73. The van der Waals surface area contributed by atoms with Crippen LogP contribution in [0.4, 0.5) is 5.69 Å². The van der Waals surface area contributed by atoms with Crippen LogP contribution in [0.1, 0.15) is 12.5 Å². The van der Waals surface area contributed by atoms with Gasteiger partial charge in [0.15, 0.2) is 0 Å². The van der Waals surface area contributed by atoms with Gasteiger partial charge in [0.05, 0.1) is 24.4 Å². The molecular weight excluding hydrogens is 381 g/mol. The van der Waals surface area contributed by atoms with Crippen LogP contribution >= 0.6 is 23.2 Å². The lowest BCUT2D eigenvalue weighted by molar-refractivity contribution is 0.414. The van der Waals surface area contributed by atoms with Gasteiger partial charge in [0.1, 0.15) is 15.7 Å². The summed E-state index contributed by atoms with van der Waals surface area (Å²) in [5, 5.41) is -0.00890. The Bertz CT molecular complexity index is 865. The highest BCUT2D eigenvalue weighted by Crippen LogP contribution is 2.38. The van der Waals surface area contributed by atoms with Gasteiger partial charge in [-0.15, -0.1) is 6.58 Å². The summed E-state index contributed by atoms with van der Waals surface area (Å²) >= 11 is 12.3. The maximum Gasteiger partial charge on any atom is 0.266 e. The van der Waals surface area contributed by atoms with Crippen molar-refractivity contribution in [2.24, 2.45) is 0 Å². The van der Waals surface area contributed by atoms with Crippen molar-refractivity contribution in [1.82, 2.24) is 0 Å². The number of nitrogens with zero attached hydrogens (tertiary/aromatic N) is 1. The number of sulfonamides is 1. The van der Waals surface area contributed by atoms with E-state index in [-0.39, 0.29) is 21.5 Å². The van der Waals surface area contributed by atoms with Crippen molar-refractivity contribution in [3.63, 3.8) is 0 Å². The topological polar surface area (TPSA) is 46.6 Å². The van der Waals surface area contributed by atoms with Crippen LogP contribution in [0.3, 0.4) is 0 Å². The van der Waals surface area contributed by atoms with Crippen LogP contribution in [0.15, 0.2) is 53.9 Å². The summed E-state index contributed by atoms with van der Waals surface area (Å²) in [5.74, 6) is 0.313. The summed E-state index contributed by atoms with van der Waals surface area (Å²) in [6, 6.07) is 10.2. The molecule has 0 spiro atoms. The van der Waals surface area contributed by atoms with Gasteiger partial charge < -0.3 is 4.74 Å². The number of anilines is 1. The Labute approximate surface area is 158 Å². The van der Waals surface area contributed by atoms with Gasteiger partial charge in [0, 0.05) is 0 Å². The molecular formula is C18H19Cl2NO3S. The van der Waals surface area contributed by atoms with Crippen molar-refractivity contribution in [3.8, 4) is 5.75 Å². The molecule has 0 saturated carbocycles. The molecule has 4 nitrogen and oxygen atoms in total. The van der Waals surface area contributed by atoms with E-state index in [9.17, 15) is 8.42 Å². The SMILES string of the molecule is C=CCN(c1ccc(CC)cc1)S(=O)(=O)c1ccc(OC)c(Cl)c1Cl. The highest BCUT2D eigenvalue weighted by molar-refractivity contribution is 7.93. The van der Waals surface area contributed by atoms with E-state index in [4.69, 9.17) is 27.9 Å². The van der Waals surface area contributed by atoms with Crippen LogP contribution in [0.25, 0.3) is 0 Å². The third-order valence-corrected chi connectivity index (χ3v) is 6.54. The standard InChI is InChI=1S/C18H19Cl2NO3S/c1-4-12-21(14-8-6-13(5-2)7-9-14)25(22,23)16-11-10-15(24-3)17(19)18(16)20/h4,6-11H,1,5,12H2,2-3H3. The number of aryl methyl sites for hydroxylation is 1. The van der Waals surface area contributed by atoms with E-state index in [1.807, 2.05) is 19.1 Å². The molecule has 0 amide bonds. The second-order valence-electron chi connectivity index (χ2n) is 5.24. The number of ether oxygens (including phenoxy) is 1. The fourth-order valence-corrected chi connectivity index (χ4v) is 4.60. The average molecular weight is 400 g/mol. The van der Waals surface area contributed by atoms with Crippen molar-refractivity contribution in [2.45, 2.75) is 18.2 Å². The van der Waals surface area contributed by atoms with Crippen LogP contribution in [0.5, 0.6) is 5.75 Å². The summed E-state index contributed by atoms with van der Waals surface area (Å²) in [4.78, 5) is -0.0821. The van der Waals surface area contributed by atoms with E-state index >= 15 is 0 Å². The minimum Gasteiger partial charge on any atom is -0.495 e. The maximum atomic E-state index is 13.1. The summed E-state index contributed by atoms with van der Waals surface area (Å²) in [6.45, 7) is 5.79. The second kappa shape index (κ2) is 8.13. The number of hydrogen-bond donors (Lipinski definition) is 0. The van der Waals surface area contributed by atoms with Gasteiger partial charge in [-0.3, -0.25) is 4.31 Å². The molecule has 0 unspecified atom stereocenters. The predicted molar refractivity (Wildman–Crippen MR) is 104 cm³/mol. The normalized spacial score (nSPS) is 11.2. The van der Waals surface area contributed by atoms with Gasteiger partial charge in [-0.05, 0) is 36.2 Å². The molecule has 0 aliphatic rings. The lowest BCUT2D eigenvalue weighted by Gasteiger charge is -2.24. The Morgan fingerprint density at radius 2 is 1.76 bits per heavy atom. The van der Waals surface area contributed by atoms with E-state index in [1.165, 1.54) is 29.6 Å². The highest BCUT2D eigenvalue weighted by Gasteiger charge is 2.28. The minimum absolute atomic E-state index is 0.0603. The van der Waals surface area contributed by atoms with Crippen LogP contribution in [0.2, 0.25) is 10.0 Å². The fourth-order valence-electron chi connectivity index (χ4n) is 2.35. The smallest absolute Gasteiger partial charge is 0.266 e. The molecule has 0 radical (unpaired) electrons. The van der Waals surface area contributed by atoms with Crippen LogP contribution in [-0.2, 0) is 16.4 Å². The van der Waals surface area contributed by atoms with Gasteiger partial charge in [-0.2, -0.15) is 0 Å². The first-order valence-corrected chi connectivity index (χ1v) is 9.81. The summed E-state index contributed by atoms with van der Waals surface area (Å²) in [5.41, 5.74) is 1.64. The zero-order chi connectivity index (χ0) is 18.6. The molecule has 2 aromatic rings. The number of halogens is 2. The van der Waals surface area contributed by atoms with Gasteiger partial charge in [0.25, 0.3) is 10.0 Å². The molecule has 0 aromatic heterocycles. The van der Waals surface area contributed by atoms with E-state index in [2.05, 4.69) is 6.58 Å². The zero-order valence-corrected chi connectivity index (χ0v) is 16.3. The van der Waals surface area contributed by atoms with Crippen LogP contribution < -0.4 is 9.04 Å². The quantitative estimate of drug-likeness (QED) is 0.618. The van der Waals surface area contributed by atoms with Crippen LogP contribution in [0, 0.1) is 0 Å². The lowest BCUT2D eigenvalue weighted by atomic mass is 10.1. The molecule has 0 N–H and O–H groups in total. The number of methoxy groups -OCH3 is 1. The van der Waals surface area contributed by atoms with Crippen molar-refractivity contribution in [3.05, 3.63) is 64.7 Å². The summed E-state index contributed by atoms with van der Waals surface area (Å²) in [7, 11) is -2.49. The van der Waals surface area contributed by atoms with E-state index < -0.39 is 10.0 Å². The first kappa shape index (κ1) is 19.6. The Morgan fingerprint density at radius 3 is 2.28 bits per heavy atom. The highest BCUT2D eigenvalue weighted by atomic mass is 35.5. The molecule has 0 aliphatic carbocycles. The largest absolute Gasteiger partial charge is 0.495 e. The lowest BCUT2D eigenvalue weighted by Crippen LogP contribution is -2.31. The van der Waals surface area contributed by atoms with Gasteiger partial charge in [0.2, 0.25) is 0 Å². The van der Waals surface area contributed by atoms with Gasteiger partial charge in [-0.1, -0.05) is 48.3 Å². The van der Waals surface area contributed by atoms with E-state index in [0.717, 1.165) is 12.0 Å². The molecule has 134 valence electrons. The van der Waals surface area contributed by atoms with Crippen molar-refractivity contribution < 1.29 is 13.2 Å². The van der Waals surface area contributed by atoms with Crippen LogP contribution in [-0.4, -0.2) is 22.1 Å². The Morgan fingerprint density at radius 1 is 1.12 bits per heavy atom. The first-order chi connectivity index (χ1) is 11.9. The van der Waals surface area contributed by atoms with Crippen molar-refractivity contribution in [2.75, 3.05) is 18.0 Å². The Hall–Kier alpha value is -1.69. The molecule has 0 atom stereocenters. The predicted octanol–water partition coefficient (Wildman–Crippen LogP) is 4.95. The molecule has 0 bridgehead atoms. The van der Waals surface area contributed by atoms with Crippen molar-refractivity contribution >= 4 is 38.9 Å². The van der Waals surface area contributed by atoms with E-state index in [0.29, 0.717) is 11.4 Å². The third kappa shape index (κ3) is 3.94. The molecule has 0 fully saturated rings. The molecule has 7 heteroatoms. The summed E-state index contributed by atoms with van der Waals surface area (Å²) < 4.78 is 32.6. The van der Waals surface area contributed by atoms with Gasteiger partial charge in [-0.25, -0.2) is 8.42 Å². The number of rotatable bonds is 7. The molecule has 0 saturated heterocycles. The maximum absolute atomic E-state index is 13.1. The molecule has 2 aromatic carbocycles. The second-order valence-corrected chi connectivity index (χ2v) is 7.83. The van der Waals surface area contributed by atoms with Gasteiger partial charge >= 0.3 is 0 Å². The Balaban J connectivity index is 2.56. The molecule has 0 aliphatic heterocycles. The molecule has 0 heterocycles. The summed E-state index contributed by atoms with van der Waals surface area (Å²) in [6.07, 6.45) is 2.39. The minimum atomic E-state index is -3.92. The van der Waals surface area contributed by atoms with Crippen molar-refractivity contribution in [1.29, 1.82) is 0 Å². The molecule has 2 rings (SSSR count). The zero-order valence-electron chi connectivity index (χ0n) is 14.0. The molecule has 25 heavy (non-hydrogen) atoms. The van der Waals surface area contributed by atoms with E-state index in [1.54, 1.807) is 12.1 Å². The Kier molecular flexibility index (Phi) is 6.38. The average Bonchev–Trinajstić information content (AvgIpc) is 2.61. The fraction of sp³-hybridized carbons (Fsp3) is 0.222. The first-order valence-electron chi connectivity index (χ1n) is 7.61. The monoisotopic (exact) mass is 399 g/mol. The number of benzene rings is 2.